The van der Waals surface area contributed by atoms with E-state index in [1.54, 1.807) is 12.1 Å². The smallest absolute Gasteiger partial charge is 0.137 e. The number of para-hydroxylation sites is 3. The van der Waals surface area contributed by atoms with Crippen LogP contribution >= 0.6 is 0 Å². The molecular formula is C73H67FN4O. The number of hydrogen-bond acceptors (Lipinski definition) is 4. The van der Waals surface area contributed by atoms with Gasteiger partial charge in [0.25, 0.3) is 0 Å². The van der Waals surface area contributed by atoms with Gasteiger partial charge in [-0.25, -0.2) is 9.37 Å². The molecule has 79 heavy (non-hydrogen) atoms. The van der Waals surface area contributed by atoms with Crippen LogP contribution in [-0.4, -0.2) is 16.2 Å². The molecule has 0 fully saturated rings. The van der Waals surface area contributed by atoms with E-state index in [4.69, 9.17) is 9.72 Å². The second-order valence-electron chi connectivity index (χ2n) is 24.4. The van der Waals surface area contributed by atoms with E-state index in [0.29, 0.717) is 6.67 Å². The van der Waals surface area contributed by atoms with Crippen LogP contribution in [0.4, 0.5) is 27.1 Å². The maximum Gasteiger partial charge on any atom is 0.137 e. The Morgan fingerprint density at radius 1 is 0.430 bits per heavy atom. The van der Waals surface area contributed by atoms with Gasteiger partial charge in [0.05, 0.1) is 28.1 Å². The minimum Gasteiger partial charge on any atom is -0.457 e. The molecule has 1 aliphatic rings. The Morgan fingerprint density at radius 3 is 1.73 bits per heavy atom. The molecule has 0 spiro atoms. The molecule has 0 radical (unpaired) electrons. The molecular weight excluding hydrogens is 968 g/mol. The van der Waals surface area contributed by atoms with Crippen molar-refractivity contribution in [2.24, 2.45) is 0 Å². The van der Waals surface area contributed by atoms with E-state index in [-0.39, 0.29) is 22.1 Å². The molecule has 0 atom stereocenters. The van der Waals surface area contributed by atoms with Crippen LogP contribution in [0.3, 0.4) is 0 Å². The molecule has 2 aromatic heterocycles. The Bertz CT molecular complexity index is 4080. The fourth-order valence-electron chi connectivity index (χ4n) is 11.3. The molecule has 1 aliphatic heterocycles. The van der Waals surface area contributed by atoms with Gasteiger partial charge in [-0.3, -0.25) is 4.57 Å². The minimum atomic E-state index is -0.271. The Hall–Kier alpha value is -8.74. The molecule has 0 amide bonds. The summed E-state index contributed by atoms with van der Waals surface area (Å²) >= 11 is 0. The number of anilines is 4. The molecule has 0 N–H and O–H groups in total. The Morgan fingerprint density at radius 2 is 1.04 bits per heavy atom. The van der Waals surface area contributed by atoms with Gasteiger partial charge in [0.15, 0.2) is 0 Å². The van der Waals surface area contributed by atoms with E-state index in [1.807, 2.05) is 18.3 Å². The van der Waals surface area contributed by atoms with Gasteiger partial charge in [-0.2, -0.15) is 0 Å². The lowest BCUT2D eigenvalue weighted by molar-refractivity contribution is 0.483. The normalized spacial score (nSPS) is 12.9. The SMILES string of the molecule is Cc1ccccc1-c1cc(Oc2ccc3c4ccccc4n(-c4cc(C(C)(C)C)ccn4)c3c2)cc(N2CN(c3c(-c4ccc(F)cc4)cc(-c4ccccc4)cc3-c3cc(C(C)(C)C)cc(C(C)(C)C)c3)c3ccccc32)c1. The second kappa shape index (κ2) is 19.6. The molecule has 3 heterocycles. The van der Waals surface area contributed by atoms with Gasteiger partial charge in [-0.15, -0.1) is 0 Å². The number of fused-ring (bicyclic) bond motifs is 4. The summed E-state index contributed by atoms with van der Waals surface area (Å²) in [6.45, 7) is 23.1. The molecule has 6 heteroatoms. The Kier molecular flexibility index (Phi) is 12.7. The van der Waals surface area contributed by atoms with Gasteiger partial charge >= 0.3 is 0 Å². The van der Waals surface area contributed by atoms with Crippen molar-refractivity contribution < 1.29 is 9.13 Å². The number of aromatic nitrogens is 2. The summed E-state index contributed by atoms with van der Waals surface area (Å²) in [5, 5.41) is 2.29. The first-order chi connectivity index (χ1) is 37.9. The van der Waals surface area contributed by atoms with Gasteiger partial charge < -0.3 is 14.5 Å². The minimum absolute atomic E-state index is 0.0498. The number of aryl methyl sites for hydroxylation is 1. The summed E-state index contributed by atoms with van der Waals surface area (Å²) in [4.78, 5) is 9.83. The van der Waals surface area contributed by atoms with E-state index in [0.717, 1.165) is 106 Å². The zero-order chi connectivity index (χ0) is 55.0. The van der Waals surface area contributed by atoms with Crippen LogP contribution in [0.15, 0.2) is 212 Å². The maximum atomic E-state index is 15.0. The largest absolute Gasteiger partial charge is 0.457 e. The van der Waals surface area contributed by atoms with Crippen molar-refractivity contribution in [2.75, 3.05) is 16.5 Å². The van der Waals surface area contributed by atoms with E-state index in [1.165, 1.54) is 22.3 Å². The first kappa shape index (κ1) is 51.0. The number of ether oxygens (including phenoxy) is 1. The van der Waals surface area contributed by atoms with Crippen molar-refractivity contribution in [3.05, 3.63) is 241 Å². The van der Waals surface area contributed by atoms with Gasteiger partial charge in [0.1, 0.15) is 29.8 Å². The van der Waals surface area contributed by atoms with Gasteiger partial charge in [-0.1, -0.05) is 178 Å². The highest BCUT2D eigenvalue weighted by Gasteiger charge is 2.33. The summed E-state index contributed by atoms with van der Waals surface area (Å²) in [5.41, 5.74) is 19.5. The van der Waals surface area contributed by atoms with Crippen molar-refractivity contribution >= 4 is 44.6 Å². The predicted octanol–water partition coefficient (Wildman–Crippen LogP) is 20.2. The molecule has 0 bridgehead atoms. The Balaban J connectivity index is 1.05. The molecule has 9 aromatic carbocycles. The van der Waals surface area contributed by atoms with Crippen molar-refractivity contribution in [2.45, 2.75) is 85.5 Å². The third-order valence-corrected chi connectivity index (χ3v) is 15.7. The highest BCUT2D eigenvalue weighted by atomic mass is 19.1. The van der Waals surface area contributed by atoms with Crippen LogP contribution in [0.1, 0.15) is 84.6 Å². The Labute approximate surface area is 465 Å². The average Bonchev–Trinajstić information content (AvgIpc) is 4.23. The number of halogens is 1. The number of pyridine rings is 1. The number of hydrogen-bond donors (Lipinski definition) is 0. The topological polar surface area (TPSA) is 33.5 Å². The monoisotopic (exact) mass is 1030 g/mol. The van der Waals surface area contributed by atoms with Crippen molar-refractivity contribution in [3.63, 3.8) is 0 Å². The number of nitrogens with zero attached hydrogens (tertiary/aromatic N) is 4. The first-order valence-corrected chi connectivity index (χ1v) is 27.5. The quantitative estimate of drug-likeness (QED) is 0.144. The lowest BCUT2D eigenvalue weighted by atomic mass is 9.78. The molecule has 12 rings (SSSR count). The van der Waals surface area contributed by atoms with E-state index >= 15 is 4.39 Å². The van der Waals surface area contributed by atoms with Crippen LogP contribution < -0.4 is 14.5 Å². The third kappa shape index (κ3) is 9.75. The summed E-state index contributed by atoms with van der Waals surface area (Å²) in [6, 6.07) is 72.7. The number of rotatable bonds is 9. The fourth-order valence-corrected chi connectivity index (χ4v) is 11.3. The standard InChI is InChI=1S/C73H67FN4O/c1-47-20-14-15-23-60(47)52-38-57(44-59(39-52)79-58-32-33-62-61-24-16-17-25-65(61)78(68(62)45-58)69-43-53(34-35-75-69)71(2,3)4)76-46-77(67-27-19-18-26-66(67)76)70-63(49-28-30-56(74)31-29-49)40-50(48-21-12-11-13-22-48)41-64(70)51-36-54(72(5,6)7)42-55(37-51)73(8,9)10/h11-45H,46H2,1-10H3. The predicted molar refractivity (Wildman–Crippen MR) is 330 cm³/mol. The zero-order valence-corrected chi connectivity index (χ0v) is 47.0. The molecule has 392 valence electrons. The zero-order valence-electron chi connectivity index (χ0n) is 47.0. The van der Waals surface area contributed by atoms with Crippen LogP contribution in [0.2, 0.25) is 0 Å². The average molecular weight is 1040 g/mol. The highest BCUT2D eigenvalue weighted by Crippen LogP contribution is 2.53. The molecule has 0 saturated carbocycles. The van der Waals surface area contributed by atoms with Crippen LogP contribution in [0, 0.1) is 12.7 Å². The van der Waals surface area contributed by atoms with Gasteiger partial charge in [0, 0.05) is 45.9 Å². The lowest BCUT2D eigenvalue weighted by Gasteiger charge is -2.30. The van der Waals surface area contributed by atoms with Crippen LogP contribution in [-0.2, 0) is 16.2 Å². The summed E-state index contributed by atoms with van der Waals surface area (Å²) in [5.74, 6) is 2.04. The van der Waals surface area contributed by atoms with Crippen LogP contribution in [0.25, 0.3) is 72.1 Å². The van der Waals surface area contributed by atoms with Crippen LogP contribution in [0.5, 0.6) is 11.5 Å². The maximum absolute atomic E-state index is 15.0. The third-order valence-electron chi connectivity index (χ3n) is 15.7. The summed E-state index contributed by atoms with van der Waals surface area (Å²) in [7, 11) is 0. The van der Waals surface area contributed by atoms with Crippen molar-refractivity contribution in [1.29, 1.82) is 0 Å². The second-order valence-corrected chi connectivity index (χ2v) is 24.4. The molecule has 5 nitrogen and oxygen atoms in total. The molecule has 0 unspecified atom stereocenters. The van der Waals surface area contributed by atoms with E-state index < -0.39 is 0 Å². The summed E-state index contributed by atoms with van der Waals surface area (Å²) < 4.78 is 24.4. The summed E-state index contributed by atoms with van der Waals surface area (Å²) in [6.07, 6.45) is 1.92. The van der Waals surface area contributed by atoms with Crippen molar-refractivity contribution in [1.82, 2.24) is 9.55 Å². The highest BCUT2D eigenvalue weighted by molar-refractivity contribution is 6.09. The van der Waals surface area contributed by atoms with Gasteiger partial charge in [-0.05, 0) is 158 Å². The molecule has 0 aliphatic carbocycles. The first-order valence-electron chi connectivity index (χ1n) is 27.5. The van der Waals surface area contributed by atoms with Gasteiger partial charge in [0.2, 0.25) is 0 Å². The number of benzene rings is 9. The van der Waals surface area contributed by atoms with E-state index in [2.05, 4.69) is 266 Å². The molecule has 11 aromatic rings. The molecule has 0 saturated heterocycles. The van der Waals surface area contributed by atoms with E-state index in [9.17, 15) is 0 Å². The van der Waals surface area contributed by atoms with Crippen molar-refractivity contribution in [3.8, 4) is 61.8 Å². The lowest BCUT2D eigenvalue weighted by Crippen LogP contribution is -2.25. The fraction of sp³-hybridized carbons (Fsp3) is 0.192.